The minimum Gasteiger partial charge on any atom is -0.494 e. The normalized spacial score (nSPS) is 10.7. The largest absolute Gasteiger partial charge is 0.494 e. The number of benzene rings is 2. The third kappa shape index (κ3) is 6.15. The number of aliphatic hydroxyl groups excluding tert-OH is 1. The average molecular weight is 502 g/mol. The number of nitrogens with zero attached hydrogens (tertiary/aromatic N) is 1. The fourth-order valence-electron chi connectivity index (χ4n) is 3.52. The zero-order valence-electron chi connectivity index (χ0n) is 19.6. The number of carbonyl (C=O) groups excluding carboxylic acids is 2. The Balaban J connectivity index is 1.79. The van der Waals surface area contributed by atoms with Crippen LogP contribution in [0, 0.1) is 12.7 Å². The third-order valence-electron chi connectivity index (χ3n) is 5.26. The minimum absolute atomic E-state index is 0.0384. The highest BCUT2D eigenvalue weighted by Crippen LogP contribution is 2.34. The molecule has 1 N–H and O–H groups in total. The van der Waals surface area contributed by atoms with Crippen LogP contribution >= 0.6 is 11.6 Å². The summed E-state index contributed by atoms with van der Waals surface area (Å²) >= 11 is 5.92. The molecule has 0 bridgehead atoms. The summed E-state index contributed by atoms with van der Waals surface area (Å²) in [5.74, 6) is 0.0538. The Morgan fingerprint density at radius 1 is 1.00 bits per heavy atom. The van der Waals surface area contributed by atoms with Crippen molar-refractivity contribution in [1.29, 1.82) is 0 Å². The lowest BCUT2D eigenvalue weighted by Gasteiger charge is -2.13. The van der Waals surface area contributed by atoms with Gasteiger partial charge in [-0.2, -0.15) is 0 Å². The Bertz CT molecular complexity index is 1250. The molecule has 0 aliphatic rings. The summed E-state index contributed by atoms with van der Waals surface area (Å²) in [5, 5.41) is 8.84. The van der Waals surface area contributed by atoms with Gasteiger partial charge in [-0.1, -0.05) is 11.6 Å². The van der Waals surface area contributed by atoms with E-state index in [9.17, 15) is 14.0 Å². The maximum Gasteiger partial charge on any atom is 0.181 e. The Kier molecular flexibility index (Phi) is 8.78. The van der Waals surface area contributed by atoms with Gasteiger partial charge in [-0.15, -0.1) is 0 Å². The van der Waals surface area contributed by atoms with Crippen LogP contribution in [0.2, 0.25) is 5.02 Å². The number of halogens is 2. The number of aliphatic hydroxyl groups is 1. The van der Waals surface area contributed by atoms with Crippen LogP contribution in [0.15, 0.2) is 42.5 Å². The van der Waals surface area contributed by atoms with Gasteiger partial charge < -0.3 is 19.3 Å². The first-order chi connectivity index (χ1) is 16.8. The number of Topliss-reactive ketones (excluding diaryl/α,β-unsaturated/α-hetero) is 2. The van der Waals surface area contributed by atoms with Gasteiger partial charge in [0.15, 0.2) is 23.1 Å². The second-order valence-corrected chi connectivity index (χ2v) is 8.03. The first-order valence-electron chi connectivity index (χ1n) is 10.8. The van der Waals surface area contributed by atoms with Crippen LogP contribution < -0.4 is 14.2 Å². The highest BCUT2D eigenvalue weighted by molar-refractivity contribution is 6.31. The molecule has 3 aromatic rings. The van der Waals surface area contributed by atoms with Crippen molar-refractivity contribution in [2.75, 3.05) is 27.4 Å². The van der Waals surface area contributed by atoms with Crippen LogP contribution in [-0.2, 0) is 0 Å². The lowest BCUT2D eigenvalue weighted by molar-refractivity contribution is 0.0914. The summed E-state index contributed by atoms with van der Waals surface area (Å²) in [4.78, 5) is 30.1. The molecular weight excluding hydrogens is 477 g/mol. The highest BCUT2D eigenvalue weighted by Gasteiger charge is 2.19. The Labute approximate surface area is 207 Å². The number of hydrogen-bond acceptors (Lipinski definition) is 7. The monoisotopic (exact) mass is 501 g/mol. The van der Waals surface area contributed by atoms with Gasteiger partial charge in [0, 0.05) is 24.0 Å². The van der Waals surface area contributed by atoms with Crippen molar-refractivity contribution in [2.24, 2.45) is 0 Å². The lowest BCUT2D eigenvalue weighted by atomic mass is 10.0. The number of carbonyl (C=O) groups is 2. The summed E-state index contributed by atoms with van der Waals surface area (Å²) in [7, 11) is 2.93. The molecule has 2 aromatic carbocycles. The predicted molar refractivity (Wildman–Crippen MR) is 129 cm³/mol. The smallest absolute Gasteiger partial charge is 0.181 e. The maximum atomic E-state index is 13.6. The Morgan fingerprint density at radius 3 is 2.40 bits per heavy atom. The van der Waals surface area contributed by atoms with E-state index >= 15 is 0 Å². The first kappa shape index (κ1) is 26.1. The fraction of sp³-hybridized carbons (Fsp3) is 0.269. The molecular formula is C26H25ClFNO6. The molecule has 0 spiro atoms. The van der Waals surface area contributed by atoms with Crippen molar-refractivity contribution in [3.8, 4) is 28.5 Å². The third-order valence-corrected chi connectivity index (χ3v) is 5.54. The van der Waals surface area contributed by atoms with Crippen LogP contribution in [0.4, 0.5) is 4.39 Å². The van der Waals surface area contributed by atoms with Gasteiger partial charge in [0.25, 0.3) is 0 Å². The van der Waals surface area contributed by atoms with E-state index in [0.29, 0.717) is 39.6 Å². The van der Waals surface area contributed by atoms with Gasteiger partial charge in [0.05, 0.1) is 25.8 Å². The molecule has 0 saturated carbocycles. The van der Waals surface area contributed by atoms with Crippen LogP contribution in [-0.4, -0.2) is 49.1 Å². The quantitative estimate of drug-likeness (QED) is 0.366. The molecule has 1 heterocycles. The molecule has 1 aromatic heterocycles. The molecule has 0 atom stereocenters. The highest BCUT2D eigenvalue weighted by atomic mass is 35.5. The summed E-state index contributed by atoms with van der Waals surface area (Å²) in [5.41, 5.74) is 2.05. The summed E-state index contributed by atoms with van der Waals surface area (Å²) in [6, 6.07) is 10.4. The number of aryl methyl sites for hydroxylation is 1. The van der Waals surface area contributed by atoms with E-state index in [1.165, 1.54) is 38.5 Å². The topological polar surface area (TPSA) is 95.0 Å². The van der Waals surface area contributed by atoms with E-state index in [1.54, 1.807) is 25.1 Å². The second-order valence-electron chi connectivity index (χ2n) is 7.62. The van der Waals surface area contributed by atoms with E-state index < -0.39 is 5.82 Å². The number of pyridine rings is 1. The molecule has 0 unspecified atom stereocenters. The molecule has 9 heteroatoms. The molecule has 184 valence electrons. The lowest BCUT2D eigenvalue weighted by Crippen LogP contribution is -2.09. The number of ketones is 2. The van der Waals surface area contributed by atoms with Gasteiger partial charge in [0.2, 0.25) is 0 Å². The van der Waals surface area contributed by atoms with E-state index in [1.807, 2.05) is 0 Å². The molecule has 0 saturated heterocycles. The van der Waals surface area contributed by atoms with Gasteiger partial charge in [-0.3, -0.25) is 9.59 Å². The van der Waals surface area contributed by atoms with Crippen molar-refractivity contribution in [2.45, 2.75) is 19.8 Å². The van der Waals surface area contributed by atoms with Crippen LogP contribution in [0.5, 0.6) is 17.2 Å². The molecule has 0 aliphatic carbocycles. The van der Waals surface area contributed by atoms with Crippen molar-refractivity contribution in [1.82, 2.24) is 4.98 Å². The van der Waals surface area contributed by atoms with Crippen molar-refractivity contribution >= 4 is 23.2 Å². The number of methoxy groups -OCH3 is 2. The standard InChI is InChI=1S/C26H25ClFNO6/c1-15-12-20(29-25(26(15)34-3)17-4-6-19(28)18(27)13-17)22(32)8-7-21(31)16-5-9-23(35-11-10-30)24(14-16)33-2/h4-6,9,12-14,30H,7-8,10-11H2,1-3H3. The summed E-state index contributed by atoms with van der Waals surface area (Å²) in [6.07, 6.45) is -0.102. The fourth-order valence-corrected chi connectivity index (χ4v) is 3.70. The SMILES string of the molecule is COc1cc(C(=O)CCC(=O)c2cc(C)c(OC)c(-c3ccc(F)c(Cl)c3)n2)ccc1OCCO. The van der Waals surface area contributed by atoms with Crippen LogP contribution in [0.1, 0.15) is 39.3 Å². The maximum absolute atomic E-state index is 13.6. The molecule has 3 rings (SSSR count). The zero-order valence-corrected chi connectivity index (χ0v) is 20.3. The molecule has 0 amide bonds. The average Bonchev–Trinajstić information content (AvgIpc) is 2.86. The van der Waals surface area contributed by atoms with Crippen molar-refractivity contribution in [3.05, 3.63) is 70.1 Å². The zero-order chi connectivity index (χ0) is 25.5. The molecule has 0 fully saturated rings. The van der Waals surface area contributed by atoms with Gasteiger partial charge in [-0.25, -0.2) is 9.37 Å². The number of hydrogen-bond donors (Lipinski definition) is 1. The van der Waals surface area contributed by atoms with E-state index in [4.69, 9.17) is 30.9 Å². The van der Waals surface area contributed by atoms with Gasteiger partial charge in [-0.05, 0) is 55.0 Å². The number of rotatable bonds is 11. The second kappa shape index (κ2) is 11.8. The number of ether oxygens (including phenoxy) is 3. The summed E-state index contributed by atoms with van der Waals surface area (Å²) in [6.45, 7) is 1.71. The van der Waals surface area contributed by atoms with Crippen molar-refractivity contribution in [3.63, 3.8) is 0 Å². The molecule has 7 nitrogen and oxygen atoms in total. The van der Waals surface area contributed by atoms with Crippen LogP contribution in [0.3, 0.4) is 0 Å². The van der Waals surface area contributed by atoms with Crippen LogP contribution in [0.25, 0.3) is 11.3 Å². The van der Waals surface area contributed by atoms with Crippen molar-refractivity contribution < 1.29 is 33.3 Å². The van der Waals surface area contributed by atoms with E-state index in [-0.39, 0.29) is 48.3 Å². The molecule has 0 aliphatic heterocycles. The molecule has 35 heavy (non-hydrogen) atoms. The number of aromatic nitrogens is 1. The van der Waals surface area contributed by atoms with E-state index in [2.05, 4.69) is 4.98 Å². The van der Waals surface area contributed by atoms with Gasteiger partial charge >= 0.3 is 0 Å². The van der Waals surface area contributed by atoms with Gasteiger partial charge in [0.1, 0.15) is 29.6 Å². The summed E-state index contributed by atoms with van der Waals surface area (Å²) < 4.78 is 29.7. The van der Waals surface area contributed by atoms with E-state index in [0.717, 1.165) is 0 Å². The minimum atomic E-state index is -0.568. The Hall–Kier alpha value is -3.49. The first-order valence-corrected chi connectivity index (χ1v) is 11.2. The Morgan fingerprint density at radius 2 is 1.74 bits per heavy atom. The molecule has 0 radical (unpaired) electrons. The predicted octanol–water partition coefficient (Wildman–Crippen LogP) is 5.08.